The molecule has 26 heavy (non-hydrogen) atoms. The van der Waals surface area contributed by atoms with Crippen LogP contribution in [0.2, 0.25) is 5.02 Å². The van der Waals surface area contributed by atoms with Crippen molar-refractivity contribution >= 4 is 23.2 Å². The Morgan fingerprint density at radius 2 is 2.12 bits per heavy atom. The Balaban J connectivity index is 1.53. The predicted molar refractivity (Wildman–Crippen MR) is 106 cm³/mol. The summed E-state index contributed by atoms with van der Waals surface area (Å²) in [4.78, 5) is 15.2. The summed E-state index contributed by atoms with van der Waals surface area (Å²) in [7, 11) is 1.53. The average molecular weight is 378 g/mol. The summed E-state index contributed by atoms with van der Waals surface area (Å²) in [6.07, 6.45) is 10.4. The van der Waals surface area contributed by atoms with Gasteiger partial charge in [0.2, 0.25) is 0 Å². The van der Waals surface area contributed by atoms with Crippen LogP contribution in [-0.2, 0) is 0 Å². The molecule has 1 aliphatic carbocycles. The molecule has 6 heteroatoms. The molecule has 2 aliphatic rings. The Morgan fingerprint density at radius 3 is 2.77 bits per heavy atom. The highest BCUT2D eigenvalue weighted by molar-refractivity contribution is 6.33. The van der Waals surface area contributed by atoms with E-state index in [2.05, 4.69) is 22.4 Å². The number of amides is 1. The van der Waals surface area contributed by atoms with Gasteiger partial charge in [-0.25, -0.2) is 0 Å². The van der Waals surface area contributed by atoms with Crippen LogP contribution in [0.5, 0.6) is 5.75 Å². The number of nitrogens with one attached hydrogen (secondary N) is 1. The van der Waals surface area contributed by atoms with Crippen molar-refractivity contribution in [1.29, 1.82) is 0 Å². The average Bonchev–Trinajstić information content (AvgIpc) is 2.66. The second-order valence-corrected chi connectivity index (χ2v) is 7.65. The summed E-state index contributed by atoms with van der Waals surface area (Å²) in [5.74, 6) is 0.986. The first-order chi connectivity index (χ1) is 12.6. The second-order valence-electron chi connectivity index (χ2n) is 7.24. The maximum atomic E-state index is 12.6. The third-order valence-corrected chi connectivity index (χ3v) is 5.66. The van der Waals surface area contributed by atoms with E-state index in [1.54, 1.807) is 12.1 Å². The van der Waals surface area contributed by atoms with Gasteiger partial charge in [0.15, 0.2) is 0 Å². The van der Waals surface area contributed by atoms with Crippen molar-refractivity contribution in [3.05, 3.63) is 34.9 Å². The molecule has 1 aliphatic heterocycles. The smallest absolute Gasteiger partial charge is 0.255 e. The van der Waals surface area contributed by atoms with Gasteiger partial charge in [-0.05, 0) is 44.1 Å². The third-order valence-electron chi connectivity index (χ3n) is 5.33. The van der Waals surface area contributed by atoms with Gasteiger partial charge in [-0.3, -0.25) is 4.79 Å². The first-order valence-corrected chi connectivity index (χ1v) is 9.77. The number of nitrogens with two attached hydrogens (primary N) is 1. The quantitative estimate of drug-likeness (QED) is 0.609. The van der Waals surface area contributed by atoms with Crippen molar-refractivity contribution < 1.29 is 9.53 Å². The van der Waals surface area contributed by atoms with E-state index in [4.69, 9.17) is 22.1 Å². The molecule has 1 saturated heterocycles. The van der Waals surface area contributed by atoms with Gasteiger partial charge < -0.3 is 20.7 Å². The lowest BCUT2D eigenvalue weighted by Crippen LogP contribution is -2.45. The van der Waals surface area contributed by atoms with Crippen molar-refractivity contribution in [3.63, 3.8) is 0 Å². The molecule has 1 amide bonds. The maximum absolute atomic E-state index is 12.6. The van der Waals surface area contributed by atoms with Crippen LogP contribution in [0.4, 0.5) is 5.69 Å². The molecule has 1 aromatic rings. The Morgan fingerprint density at radius 1 is 1.35 bits per heavy atom. The summed E-state index contributed by atoms with van der Waals surface area (Å²) < 4.78 is 5.28. The fourth-order valence-corrected chi connectivity index (χ4v) is 3.97. The van der Waals surface area contributed by atoms with Gasteiger partial charge in [0.25, 0.3) is 5.91 Å². The zero-order chi connectivity index (χ0) is 18.5. The summed E-state index contributed by atoms with van der Waals surface area (Å²) in [5.41, 5.74) is 6.63. The van der Waals surface area contributed by atoms with Crippen LogP contribution in [0.15, 0.2) is 24.3 Å². The van der Waals surface area contributed by atoms with Gasteiger partial charge >= 0.3 is 0 Å². The van der Waals surface area contributed by atoms with E-state index in [0.29, 0.717) is 27.9 Å². The van der Waals surface area contributed by atoms with Crippen molar-refractivity contribution in [1.82, 2.24) is 10.2 Å². The van der Waals surface area contributed by atoms with E-state index in [-0.39, 0.29) is 11.9 Å². The zero-order valence-corrected chi connectivity index (χ0v) is 16.1. The predicted octanol–water partition coefficient (Wildman–Crippen LogP) is 3.48. The number of halogens is 1. The van der Waals surface area contributed by atoms with E-state index < -0.39 is 0 Å². The fourth-order valence-electron chi connectivity index (χ4n) is 3.81. The van der Waals surface area contributed by atoms with Gasteiger partial charge in [0, 0.05) is 31.7 Å². The van der Waals surface area contributed by atoms with Crippen LogP contribution in [0.25, 0.3) is 0 Å². The number of rotatable bonds is 5. The molecule has 3 N–H and O–H groups in total. The maximum Gasteiger partial charge on any atom is 0.255 e. The summed E-state index contributed by atoms with van der Waals surface area (Å²) >= 11 is 6.07. The molecular weight excluding hydrogens is 350 g/mol. The summed E-state index contributed by atoms with van der Waals surface area (Å²) in [6.45, 7) is 3.18. The van der Waals surface area contributed by atoms with Crippen LogP contribution in [-0.4, -0.2) is 43.6 Å². The zero-order valence-electron chi connectivity index (χ0n) is 15.3. The molecule has 0 aromatic heterocycles. The third kappa shape index (κ3) is 4.71. The van der Waals surface area contributed by atoms with Crippen molar-refractivity contribution in [2.45, 2.75) is 38.1 Å². The Bertz CT molecular complexity index is 669. The molecule has 1 aromatic carbocycles. The molecular formula is C20H28ClN3O2. The van der Waals surface area contributed by atoms with Crippen LogP contribution >= 0.6 is 11.6 Å². The Hall–Kier alpha value is -1.72. The molecule has 1 unspecified atom stereocenters. The van der Waals surface area contributed by atoms with Crippen LogP contribution < -0.4 is 15.8 Å². The first-order valence-electron chi connectivity index (χ1n) is 9.39. The van der Waals surface area contributed by atoms with Gasteiger partial charge in [0.05, 0.1) is 23.4 Å². The lowest BCUT2D eigenvalue weighted by Gasteiger charge is -2.34. The van der Waals surface area contributed by atoms with E-state index in [1.807, 2.05) is 0 Å². The number of anilines is 1. The number of allylic oxidation sites excluding steroid dienone is 1. The molecule has 0 saturated carbocycles. The lowest BCUT2D eigenvalue weighted by atomic mass is 9.94. The van der Waals surface area contributed by atoms with Crippen LogP contribution in [0.3, 0.4) is 0 Å². The number of nitrogens with zero attached hydrogens (tertiary/aromatic N) is 1. The van der Waals surface area contributed by atoms with E-state index in [9.17, 15) is 4.79 Å². The summed E-state index contributed by atoms with van der Waals surface area (Å²) in [5, 5.41) is 3.49. The molecule has 5 nitrogen and oxygen atoms in total. The SMILES string of the molecule is COc1cc(N)c(Cl)cc1C(=O)NC1CCN(CC2C=CCCC2)CC1. The largest absolute Gasteiger partial charge is 0.496 e. The molecule has 1 heterocycles. The molecule has 0 spiro atoms. The Labute approximate surface area is 160 Å². The molecule has 0 bridgehead atoms. The van der Waals surface area contributed by atoms with Gasteiger partial charge in [-0.1, -0.05) is 23.8 Å². The van der Waals surface area contributed by atoms with Crippen molar-refractivity contribution in [3.8, 4) is 5.75 Å². The number of nitrogen functional groups attached to an aromatic ring is 1. The van der Waals surface area contributed by atoms with Crippen molar-refractivity contribution in [2.24, 2.45) is 5.92 Å². The molecule has 142 valence electrons. The lowest BCUT2D eigenvalue weighted by molar-refractivity contribution is 0.0904. The van der Waals surface area contributed by atoms with Gasteiger partial charge in [0.1, 0.15) is 5.75 Å². The molecule has 1 fully saturated rings. The normalized spacial score (nSPS) is 21.5. The second kappa shape index (κ2) is 8.78. The topological polar surface area (TPSA) is 67.6 Å². The van der Waals surface area contributed by atoms with Crippen LogP contribution in [0, 0.1) is 5.92 Å². The highest BCUT2D eigenvalue weighted by atomic mass is 35.5. The molecule has 0 radical (unpaired) electrons. The molecule has 1 atom stereocenters. The minimum Gasteiger partial charge on any atom is -0.496 e. The van der Waals surface area contributed by atoms with Gasteiger partial charge in [-0.2, -0.15) is 0 Å². The number of piperidine rings is 1. The standard InChI is InChI=1S/C20H28ClN3O2/c1-26-19-12-18(22)17(21)11-16(19)20(25)23-15-7-9-24(10-8-15)13-14-5-3-2-4-6-14/h3,5,11-12,14-15H,2,4,6-10,13,22H2,1H3,(H,23,25). The van der Waals surface area contributed by atoms with Crippen LogP contribution in [0.1, 0.15) is 42.5 Å². The number of hydrogen-bond acceptors (Lipinski definition) is 4. The van der Waals surface area contributed by atoms with Gasteiger partial charge in [-0.15, -0.1) is 0 Å². The number of hydrogen-bond donors (Lipinski definition) is 2. The van der Waals surface area contributed by atoms with E-state index in [0.717, 1.165) is 32.5 Å². The Kier molecular flexibility index (Phi) is 6.43. The minimum absolute atomic E-state index is 0.155. The number of carbonyl (C=O) groups is 1. The first kappa shape index (κ1) is 19.1. The monoisotopic (exact) mass is 377 g/mol. The fraction of sp³-hybridized carbons (Fsp3) is 0.550. The van der Waals surface area contributed by atoms with E-state index >= 15 is 0 Å². The number of ether oxygens (including phenoxy) is 1. The number of likely N-dealkylation sites (tertiary alicyclic amines) is 1. The molecule has 3 rings (SSSR count). The summed E-state index contributed by atoms with van der Waals surface area (Å²) in [6, 6.07) is 3.36. The van der Waals surface area contributed by atoms with E-state index in [1.165, 1.54) is 26.4 Å². The number of methoxy groups -OCH3 is 1. The van der Waals surface area contributed by atoms with Crippen molar-refractivity contribution in [2.75, 3.05) is 32.5 Å². The number of benzene rings is 1. The highest BCUT2D eigenvalue weighted by Gasteiger charge is 2.24. The number of carbonyl (C=O) groups excluding carboxylic acids is 1. The minimum atomic E-state index is -0.155. The highest BCUT2D eigenvalue weighted by Crippen LogP contribution is 2.29.